The van der Waals surface area contributed by atoms with Gasteiger partial charge in [0.15, 0.2) is 23.9 Å². The summed E-state index contributed by atoms with van der Waals surface area (Å²) >= 11 is 11.9. The molecule has 0 fully saturated rings. The zero-order valence-electron chi connectivity index (χ0n) is 13.6. The van der Waals surface area contributed by atoms with Crippen molar-refractivity contribution in [3.63, 3.8) is 0 Å². The number of esters is 1. The van der Waals surface area contributed by atoms with Crippen molar-refractivity contribution in [3.8, 4) is 11.5 Å². The molecule has 3 rings (SSSR count). The van der Waals surface area contributed by atoms with E-state index >= 15 is 0 Å². The summed E-state index contributed by atoms with van der Waals surface area (Å²) in [5, 5.41) is 3.03. The highest BCUT2D eigenvalue weighted by atomic mass is 35.5. The normalized spacial score (nSPS) is 15.3. The summed E-state index contributed by atoms with van der Waals surface area (Å²) in [6.45, 7) is 1.16. The van der Waals surface area contributed by atoms with Crippen molar-refractivity contribution in [3.05, 3.63) is 46.1 Å². The fraction of sp³-hybridized carbons (Fsp3) is 0.235. The number of hydrogen-bond acceptors (Lipinski definition) is 6. The van der Waals surface area contributed by atoms with Gasteiger partial charge in [0.2, 0.25) is 6.10 Å². The van der Waals surface area contributed by atoms with E-state index in [2.05, 4.69) is 10.3 Å². The second kappa shape index (κ2) is 7.80. The van der Waals surface area contributed by atoms with Crippen molar-refractivity contribution in [2.24, 2.45) is 0 Å². The monoisotopic (exact) mass is 396 g/mol. The number of nitrogens with zero attached hydrogens (tertiary/aromatic N) is 1. The number of amides is 1. The predicted molar refractivity (Wildman–Crippen MR) is 94.9 cm³/mol. The van der Waals surface area contributed by atoms with Crippen LogP contribution in [0.3, 0.4) is 0 Å². The molecule has 0 aliphatic carbocycles. The Hall–Kier alpha value is -2.51. The second-order valence-electron chi connectivity index (χ2n) is 5.41. The number of aryl methyl sites for hydroxylation is 1. The van der Waals surface area contributed by atoms with Gasteiger partial charge in [0.25, 0.3) is 5.91 Å². The number of carbonyl (C=O) groups is 2. The molecule has 2 aromatic rings. The Morgan fingerprint density at radius 2 is 2.00 bits per heavy atom. The Kier molecular flexibility index (Phi) is 5.49. The zero-order valence-corrected chi connectivity index (χ0v) is 15.1. The van der Waals surface area contributed by atoms with E-state index in [1.54, 1.807) is 31.2 Å². The summed E-state index contributed by atoms with van der Waals surface area (Å²) in [5.74, 6) is -0.167. The molecule has 1 aliphatic rings. The lowest BCUT2D eigenvalue weighted by atomic mass is 10.2. The topological polar surface area (TPSA) is 86.8 Å². The maximum absolute atomic E-state index is 12.1. The number of aromatic nitrogens is 1. The summed E-state index contributed by atoms with van der Waals surface area (Å²) in [6, 6.07) is 8.43. The molecule has 1 atom stereocenters. The van der Waals surface area contributed by atoms with Gasteiger partial charge in [0.1, 0.15) is 6.61 Å². The van der Waals surface area contributed by atoms with Gasteiger partial charge in [0.05, 0.1) is 15.7 Å². The molecule has 1 amide bonds. The summed E-state index contributed by atoms with van der Waals surface area (Å²) in [4.78, 5) is 28.1. The Morgan fingerprint density at radius 1 is 1.27 bits per heavy atom. The third kappa shape index (κ3) is 4.17. The van der Waals surface area contributed by atoms with Crippen molar-refractivity contribution in [2.45, 2.75) is 13.0 Å². The van der Waals surface area contributed by atoms with Crippen LogP contribution in [0.15, 0.2) is 30.3 Å². The maximum Gasteiger partial charge on any atom is 0.351 e. The average molecular weight is 397 g/mol. The van der Waals surface area contributed by atoms with Crippen LogP contribution in [0.5, 0.6) is 11.5 Å². The molecule has 0 saturated carbocycles. The number of ether oxygens (including phenoxy) is 3. The van der Waals surface area contributed by atoms with Gasteiger partial charge in [-0.3, -0.25) is 4.79 Å². The van der Waals surface area contributed by atoms with E-state index in [0.717, 1.165) is 0 Å². The lowest BCUT2D eigenvalue weighted by molar-refractivity contribution is -0.156. The van der Waals surface area contributed by atoms with E-state index in [1.165, 1.54) is 6.07 Å². The fourth-order valence-electron chi connectivity index (χ4n) is 2.18. The molecule has 0 spiro atoms. The first kappa shape index (κ1) is 18.3. The van der Waals surface area contributed by atoms with Crippen molar-refractivity contribution in [1.29, 1.82) is 0 Å². The first-order valence-corrected chi connectivity index (χ1v) is 8.37. The van der Waals surface area contributed by atoms with Crippen LogP contribution >= 0.6 is 23.2 Å². The van der Waals surface area contributed by atoms with Crippen molar-refractivity contribution >= 4 is 40.9 Å². The lowest BCUT2D eigenvalue weighted by Crippen LogP contribution is -2.39. The van der Waals surface area contributed by atoms with Gasteiger partial charge in [0, 0.05) is 0 Å². The number of fused-ring (bicyclic) bond motifs is 1. The number of carbonyl (C=O) groups excluding carboxylic acids is 2. The molecule has 1 N–H and O–H groups in total. The zero-order chi connectivity index (χ0) is 18.7. The lowest BCUT2D eigenvalue weighted by Gasteiger charge is -2.24. The quantitative estimate of drug-likeness (QED) is 0.799. The molecule has 2 heterocycles. The SMILES string of the molecule is Cc1nc(NC(=O)COC(=O)C2COc3ccccc3O2)c(Cl)cc1Cl. The average Bonchev–Trinajstić information content (AvgIpc) is 2.63. The number of benzene rings is 1. The molecule has 1 aromatic heterocycles. The molecule has 0 bridgehead atoms. The molecule has 1 aliphatic heterocycles. The largest absolute Gasteiger partial charge is 0.485 e. The maximum atomic E-state index is 12.1. The Balaban J connectivity index is 1.53. The van der Waals surface area contributed by atoms with E-state index in [-0.39, 0.29) is 17.4 Å². The van der Waals surface area contributed by atoms with Crippen LogP contribution in [0.4, 0.5) is 5.82 Å². The van der Waals surface area contributed by atoms with Crippen LogP contribution in [-0.4, -0.2) is 36.2 Å². The van der Waals surface area contributed by atoms with Gasteiger partial charge >= 0.3 is 5.97 Å². The molecule has 0 saturated heterocycles. The molecular weight excluding hydrogens is 383 g/mol. The Bertz CT molecular complexity index is 859. The van der Waals surface area contributed by atoms with Crippen LogP contribution in [0.2, 0.25) is 10.0 Å². The number of halogens is 2. The summed E-state index contributed by atoms with van der Waals surface area (Å²) in [6.07, 6.45) is -0.947. The smallest absolute Gasteiger partial charge is 0.351 e. The molecule has 1 unspecified atom stereocenters. The first-order valence-electron chi connectivity index (χ1n) is 7.61. The summed E-state index contributed by atoms with van der Waals surface area (Å²) in [7, 11) is 0. The predicted octanol–water partition coefficient (Wildman–Crippen LogP) is 3.02. The molecular formula is C17H14Cl2N2O5. The van der Waals surface area contributed by atoms with E-state index in [0.29, 0.717) is 22.2 Å². The molecule has 1 aromatic carbocycles. The highest BCUT2D eigenvalue weighted by Crippen LogP contribution is 2.31. The minimum atomic E-state index is -0.947. The van der Waals surface area contributed by atoms with Gasteiger partial charge in [-0.2, -0.15) is 0 Å². The fourth-order valence-corrected chi connectivity index (χ4v) is 2.59. The standard InChI is InChI=1S/C17H14Cl2N2O5/c1-9-10(18)6-11(19)16(20-9)21-15(22)8-25-17(23)14-7-24-12-4-2-3-5-13(12)26-14/h2-6,14H,7-8H2,1H3,(H,20,21,22). The van der Waals surface area contributed by atoms with E-state index in [4.69, 9.17) is 37.4 Å². The van der Waals surface area contributed by atoms with Gasteiger partial charge in [-0.1, -0.05) is 35.3 Å². The highest BCUT2D eigenvalue weighted by molar-refractivity contribution is 6.36. The molecule has 136 valence electrons. The number of hydrogen-bond donors (Lipinski definition) is 1. The van der Waals surface area contributed by atoms with Crippen LogP contribution in [0.25, 0.3) is 0 Å². The summed E-state index contributed by atoms with van der Waals surface area (Å²) < 4.78 is 15.9. The van der Waals surface area contributed by atoms with Crippen LogP contribution in [0, 0.1) is 6.92 Å². The minimum absolute atomic E-state index is 0.00122. The minimum Gasteiger partial charge on any atom is -0.485 e. The van der Waals surface area contributed by atoms with Crippen LogP contribution in [0.1, 0.15) is 5.69 Å². The third-order valence-electron chi connectivity index (χ3n) is 3.48. The van der Waals surface area contributed by atoms with Crippen molar-refractivity contribution < 1.29 is 23.8 Å². The number of nitrogens with one attached hydrogen (secondary N) is 1. The molecule has 26 heavy (non-hydrogen) atoms. The van der Waals surface area contributed by atoms with Crippen LogP contribution < -0.4 is 14.8 Å². The molecule has 7 nitrogen and oxygen atoms in total. The van der Waals surface area contributed by atoms with Crippen molar-refractivity contribution in [1.82, 2.24) is 4.98 Å². The van der Waals surface area contributed by atoms with E-state index in [1.807, 2.05) is 0 Å². The molecule has 9 heteroatoms. The number of pyridine rings is 1. The summed E-state index contributed by atoms with van der Waals surface area (Å²) in [5.41, 5.74) is 0.509. The van der Waals surface area contributed by atoms with Crippen LogP contribution in [-0.2, 0) is 14.3 Å². The van der Waals surface area contributed by atoms with Gasteiger partial charge in [-0.15, -0.1) is 0 Å². The van der Waals surface area contributed by atoms with Gasteiger partial charge < -0.3 is 19.5 Å². The second-order valence-corrected chi connectivity index (χ2v) is 6.22. The highest BCUT2D eigenvalue weighted by Gasteiger charge is 2.29. The van der Waals surface area contributed by atoms with Crippen molar-refractivity contribution in [2.75, 3.05) is 18.5 Å². The Labute approximate surface area is 159 Å². The third-order valence-corrected chi connectivity index (χ3v) is 4.15. The number of anilines is 1. The first-order chi connectivity index (χ1) is 12.4. The number of para-hydroxylation sites is 2. The van der Waals surface area contributed by atoms with Gasteiger partial charge in [-0.25, -0.2) is 9.78 Å². The Morgan fingerprint density at radius 3 is 2.77 bits per heavy atom. The van der Waals surface area contributed by atoms with E-state index in [9.17, 15) is 9.59 Å². The van der Waals surface area contributed by atoms with Gasteiger partial charge in [-0.05, 0) is 25.1 Å². The van der Waals surface area contributed by atoms with E-state index < -0.39 is 24.6 Å². The number of rotatable bonds is 4. The molecule has 0 radical (unpaired) electrons.